The van der Waals surface area contributed by atoms with Gasteiger partial charge < -0.3 is 10.5 Å². The van der Waals surface area contributed by atoms with Crippen molar-refractivity contribution in [3.63, 3.8) is 0 Å². The lowest BCUT2D eigenvalue weighted by Crippen LogP contribution is -2.18. The van der Waals surface area contributed by atoms with Gasteiger partial charge in [-0.3, -0.25) is 4.68 Å². The molecule has 0 aliphatic heterocycles. The average molecular weight is 209 g/mol. The highest BCUT2D eigenvalue weighted by atomic mass is 19.4. The van der Waals surface area contributed by atoms with Crippen molar-refractivity contribution in [2.24, 2.45) is 0 Å². The van der Waals surface area contributed by atoms with Gasteiger partial charge in [-0.15, -0.1) is 0 Å². The highest BCUT2D eigenvalue weighted by Crippen LogP contribution is 2.33. The summed E-state index contributed by atoms with van der Waals surface area (Å²) in [4.78, 5) is 0. The van der Waals surface area contributed by atoms with E-state index < -0.39 is 11.9 Å². The molecular weight excluding hydrogens is 199 g/mol. The standard InChI is InChI=1S/C7H10F3N3O/c1-14-3-2-13-6(7(8,9)10)5(11)4-12-13/h4H,2-3,11H2,1H3. The molecule has 0 saturated carbocycles. The first-order valence-corrected chi connectivity index (χ1v) is 3.84. The quantitative estimate of drug-likeness (QED) is 0.811. The van der Waals surface area contributed by atoms with E-state index in [9.17, 15) is 13.2 Å². The van der Waals surface area contributed by atoms with Gasteiger partial charge in [0.05, 0.1) is 25.0 Å². The molecule has 0 saturated heterocycles. The van der Waals surface area contributed by atoms with E-state index in [-0.39, 0.29) is 18.8 Å². The molecule has 0 amide bonds. The van der Waals surface area contributed by atoms with E-state index in [2.05, 4.69) is 9.84 Å². The third-order valence-corrected chi connectivity index (χ3v) is 1.64. The number of alkyl halides is 3. The number of nitrogens with two attached hydrogens (primary N) is 1. The maximum Gasteiger partial charge on any atom is 0.435 e. The predicted octanol–water partition coefficient (Wildman–Crippen LogP) is 1.13. The van der Waals surface area contributed by atoms with Crippen molar-refractivity contribution in [1.29, 1.82) is 0 Å². The Morgan fingerprint density at radius 3 is 2.71 bits per heavy atom. The zero-order valence-corrected chi connectivity index (χ0v) is 7.51. The fraction of sp³-hybridized carbons (Fsp3) is 0.571. The summed E-state index contributed by atoms with van der Waals surface area (Å²) in [6, 6.07) is 0. The first kappa shape index (κ1) is 10.8. The molecule has 0 aliphatic carbocycles. The number of halogens is 3. The molecule has 1 rings (SSSR count). The molecular formula is C7H10F3N3O. The van der Waals surface area contributed by atoms with Crippen LogP contribution >= 0.6 is 0 Å². The van der Waals surface area contributed by atoms with Crippen molar-refractivity contribution in [2.75, 3.05) is 19.5 Å². The highest BCUT2D eigenvalue weighted by Gasteiger charge is 2.37. The molecule has 14 heavy (non-hydrogen) atoms. The van der Waals surface area contributed by atoms with Crippen molar-refractivity contribution < 1.29 is 17.9 Å². The Morgan fingerprint density at radius 2 is 2.21 bits per heavy atom. The SMILES string of the molecule is COCCn1ncc(N)c1C(F)(F)F. The molecule has 0 unspecified atom stereocenters. The average Bonchev–Trinajstić information content (AvgIpc) is 2.42. The maximum atomic E-state index is 12.4. The number of anilines is 1. The Labute approximate surface area is 78.4 Å². The smallest absolute Gasteiger partial charge is 0.396 e. The van der Waals surface area contributed by atoms with Crippen LogP contribution in [0.25, 0.3) is 0 Å². The Hall–Kier alpha value is -1.24. The molecule has 2 N–H and O–H groups in total. The van der Waals surface area contributed by atoms with Crippen LogP contribution in [0.1, 0.15) is 5.69 Å². The second-order valence-electron chi connectivity index (χ2n) is 2.66. The van der Waals surface area contributed by atoms with Crippen LogP contribution in [0.15, 0.2) is 6.20 Å². The summed E-state index contributed by atoms with van der Waals surface area (Å²) in [5.74, 6) is 0. The molecule has 0 fully saturated rings. The summed E-state index contributed by atoms with van der Waals surface area (Å²) in [5.41, 5.74) is 3.87. The summed E-state index contributed by atoms with van der Waals surface area (Å²) in [7, 11) is 1.40. The topological polar surface area (TPSA) is 53.1 Å². The van der Waals surface area contributed by atoms with E-state index in [4.69, 9.17) is 5.73 Å². The lowest BCUT2D eigenvalue weighted by atomic mass is 10.3. The van der Waals surface area contributed by atoms with E-state index in [1.165, 1.54) is 7.11 Å². The Balaban J connectivity index is 2.95. The molecule has 0 bridgehead atoms. The Morgan fingerprint density at radius 1 is 1.57 bits per heavy atom. The number of hydrogen-bond acceptors (Lipinski definition) is 3. The van der Waals surface area contributed by atoms with Crippen molar-refractivity contribution in [3.05, 3.63) is 11.9 Å². The van der Waals surface area contributed by atoms with Gasteiger partial charge in [0.15, 0.2) is 5.69 Å². The monoisotopic (exact) mass is 209 g/mol. The van der Waals surface area contributed by atoms with Crippen molar-refractivity contribution in [1.82, 2.24) is 9.78 Å². The number of nitrogen functional groups attached to an aromatic ring is 1. The van der Waals surface area contributed by atoms with E-state index in [1.54, 1.807) is 0 Å². The number of nitrogens with zero attached hydrogens (tertiary/aromatic N) is 2. The molecule has 0 atom stereocenters. The molecule has 1 aromatic rings. The first-order chi connectivity index (χ1) is 6.46. The van der Waals surface area contributed by atoms with Gasteiger partial charge in [0.25, 0.3) is 0 Å². The molecule has 0 aromatic carbocycles. The molecule has 0 aliphatic rings. The van der Waals surface area contributed by atoms with Gasteiger partial charge in [0.2, 0.25) is 0 Å². The van der Waals surface area contributed by atoms with Gasteiger partial charge >= 0.3 is 6.18 Å². The molecule has 1 aromatic heterocycles. The molecule has 4 nitrogen and oxygen atoms in total. The molecule has 0 spiro atoms. The van der Waals surface area contributed by atoms with Crippen LogP contribution in [0, 0.1) is 0 Å². The van der Waals surface area contributed by atoms with E-state index in [0.717, 1.165) is 10.9 Å². The number of ether oxygens (including phenoxy) is 1. The van der Waals surface area contributed by atoms with Gasteiger partial charge in [-0.2, -0.15) is 18.3 Å². The van der Waals surface area contributed by atoms with Crippen LogP contribution in [0.3, 0.4) is 0 Å². The van der Waals surface area contributed by atoms with E-state index in [1.807, 2.05) is 0 Å². The minimum absolute atomic E-state index is 0.0303. The van der Waals surface area contributed by atoms with Gasteiger partial charge in [-0.1, -0.05) is 0 Å². The van der Waals surface area contributed by atoms with E-state index in [0.29, 0.717) is 0 Å². The third-order valence-electron chi connectivity index (χ3n) is 1.64. The van der Waals surface area contributed by atoms with Crippen LogP contribution in [-0.4, -0.2) is 23.5 Å². The fourth-order valence-electron chi connectivity index (χ4n) is 1.06. The number of aromatic nitrogens is 2. The van der Waals surface area contributed by atoms with Crippen molar-refractivity contribution in [3.8, 4) is 0 Å². The van der Waals surface area contributed by atoms with Gasteiger partial charge in [-0.25, -0.2) is 0 Å². The fourth-order valence-corrected chi connectivity index (χ4v) is 1.06. The summed E-state index contributed by atoms with van der Waals surface area (Å²) < 4.78 is 42.6. The van der Waals surface area contributed by atoms with Crippen LogP contribution in [-0.2, 0) is 17.5 Å². The van der Waals surface area contributed by atoms with Crippen LogP contribution in [0.5, 0.6) is 0 Å². The van der Waals surface area contributed by atoms with Crippen LogP contribution in [0.2, 0.25) is 0 Å². The molecule has 1 heterocycles. The first-order valence-electron chi connectivity index (χ1n) is 3.84. The summed E-state index contributed by atoms with van der Waals surface area (Å²) in [6.07, 6.45) is -3.49. The highest BCUT2D eigenvalue weighted by molar-refractivity contribution is 5.42. The second-order valence-corrected chi connectivity index (χ2v) is 2.66. The number of methoxy groups -OCH3 is 1. The maximum absolute atomic E-state index is 12.4. The van der Waals surface area contributed by atoms with Gasteiger partial charge in [0, 0.05) is 7.11 Å². The largest absolute Gasteiger partial charge is 0.435 e. The van der Waals surface area contributed by atoms with Gasteiger partial charge in [-0.05, 0) is 0 Å². The molecule has 0 radical (unpaired) electrons. The lowest BCUT2D eigenvalue weighted by Gasteiger charge is -2.10. The summed E-state index contributed by atoms with van der Waals surface area (Å²) in [5, 5.41) is 3.51. The Bertz CT molecular complexity index is 308. The third kappa shape index (κ3) is 2.16. The normalized spacial score (nSPS) is 12.0. The van der Waals surface area contributed by atoms with Crippen molar-refractivity contribution >= 4 is 5.69 Å². The minimum Gasteiger partial charge on any atom is -0.396 e. The second kappa shape index (κ2) is 3.87. The van der Waals surface area contributed by atoms with Crippen LogP contribution in [0.4, 0.5) is 18.9 Å². The van der Waals surface area contributed by atoms with Crippen molar-refractivity contribution in [2.45, 2.75) is 12.7 Å². The molecule has 80 valence electrons. The van der Waals surface area contributed by atoms with Gasteiger partial charge in [0.1, 0.15) is 0 Å². The zero-order chi connectivity index (χ0) is 10.8. The summed E-state index contributed by atoms with van der Waals surface area (Å²) >= 11 is 0. The predicted molar refractivity (Wildman–Crippen MR) is 43.5 cm³/mol. The number of rotatable bonds is 3. The zero-order valence-electron chi connectivity index (χ0n) is 7.51. The van der Waals surface area contributed by atoms with Crippen LogP contribution < -0.4 is 5.73 Å². The summed E-state index contributed by atoms with van der Waals surface area (Å²) in [6.45, 7) is 0.187. The Kier molecular flexibility index (Phi) is 3.00. The van der Waals surface area contributed by atoms with E-state index >= 15 is 0 Å². The lowest BCUT2D eigenvalue weighted by molar-refractivity contribution is -0.143. The number of hydrogen-bond donors (Lipinski definition) is 1. The molecule has 7 heteroatoms. The minimum atomic E-state index is -4.48.